The Morgan fingerprint density at radius 3 is 2.66 bits per heavy atom. The number of pyridine rings is 1. The fraction of sp³-hybridized carbons (Fsp3) is 0.412. The molecule has 1 aliphatic rings. The Kier molecular flexibility index (Phi) is 6.86. The van der Waals surface area contributed by atoms with Gasteiger partial charge in [-0.25, -0.2) is 14.6 Å². The van der Waals surface area contributed by atoms with Crippen LogP contribution >= 0.6 is 39.0 Å². The van der Waals surface area contributed by atoms with E-state index >= 15 is 0 Å². The van der Waals surface area contributed by atoms with Crippen molar-refractivity contribution in [3.63, 3.8) is 0 Å². The Morgan fingerprint density at radius 2 is 2.03 bits per heavy atom. The Hall–Kier alpha value is -1.62. The van der Waals surface area contributed by atoms with Gasteiger partial charge in [-0.15, -0.1) is 16.4 Å². The largest absolute Gasteiger partial charge is 0.434 e. The van der Waals surface area contributed by atoms with Crippen LogP contribution in [-0.2, 0) is 10.9 Å². The van der Waals surface area contributed by atoms with Gasteiger partial charge in [0.25, 0.3) is 0 Å². The van der Waals surface area contributed by atoms with Crippen molar-refractivity contribution in [2.75, 3.05) is 6.61 Å². The van der Waals surface area contributed by atoms with Crippen molar-refractivity contribution in [3.8, 4) is 10.7 Å². The molecule has 0 radical (unpaired) electrons. The molecule has 0 saturated carbocycles. The van der Waals surface area contributed by atoms with E-state index in [2.05, 4.69) is 36.2 Å². The molecule has 1 fully saturated rings. The standard InChI is InChI=1S/C17H15BrF3N5O4S2/c18-8-3-7(4-23-14(8)17(19,20)21)32-16-13(29)11(12(28)10(6-27)30-16)26-5-9(24-25-26)15-22-1-2-31-15/h1-5,10-13,16,27-29H,6H2/t10?,11-,12-,13?,16+/m0/s1. The first-order valence-electron chi connectivity index (χ1n) is 9.02. The summed E-state index contributed by atoms with van der Waals surface area (Å²) in [6, 6.07) is 0.172. The number of thiazole rings is 1. The molecular weight excluding hydrogens is 539 g/mol. The molecule has 3 N–H and O–H groups in total. The first kappa shape index (κ1) is 23.5. The number of thioether (sulfide) groups is 1. The molecule has 4 heterocycles. The average molecular weight is 554 g/mol. The SMILES string of the molecule is OCC1O[C@H](Sc2cnc(C(F)(F)F)c(Br)c2)C(O)[C@@H](n2cc(-c3nccs3)nn2)[C@H]1O. The normalized spacial score (nSPS) is 26.4. The molecule has 0 spiro atoms. The highest BCUT2D eigenvalue weighted by Crippen LogP contribution is 2.40. The number of hydrogen-bond donors (Lipinski definition) is 3. The summed E-state index contributed by atoms with van der Waals surface area (Å²) in [6.45, 7) is -0.551. The van der Waals surface area contributed by atoms with E-state index in [1.807, 2.05) is 0 Å². The van der Waals surface area contributed by atoms with E-state index in [1.54, 1.807) is 11.6 Å². The number of aliphatic hydroxyl groups is 3. The molecule has 2 unspecified atom stereocenters. The van der Waals surface area contributed by atoms with Gasteiger partial charge in [-0.05, 0) is 22.0 Å². The van der Waals surface area contributed by atoms with E-state index in [0.717, 1.165) is 18.0 Å². The molecule has 4 rings (SSSR count). The number of hydrogen-bond acceptors (Lipinski definition) is 10. The maximum atomic E-state index is 12.9. The van der Waals surface area contributed by atoms with E-state index in [1.165, 1.54) is 28.3 Å². The Morgan fingerprint density at radius 1 is 1.25 bits per heavy atom. The molecular formula is C17H15BrF3N5O4S2. The van der Waals surface area contributed by atoms with E-state index in [9.17, 15) is 28.5 Å². The van der Waals surface area contributed by atoms with Crippen molar-refractivity contribution in [2.45, 2.75) is 40.9 Å². The van der Waals surface area contributed by atoms with Crippen molar-refractivity contribution < 1.29 is 33.2 Å². The number of halogens is 4. The first-order chi connectivity index (χ1) is 15.2. The highest BCUT2D eigenvalue weighted by molar-refractivity contribution is 9.10. The van der Waals surface area contributed by atoms with Crippen LogP contribution in [0.15, 0.2) is 39.4 Å². The molecule has 0 aromatic carbocycles. The summed E-state index contributed by atoms with van der Waals surface area (Å²) in [5.74, 6) is 0. The Labute approximate surface area is 195 Å². The van der Waals surface area contributed by atoms with Crippen LogP contribution in [0.3, 0.4) is 0 Å². The molecule has 5 atom stereocenters. The molecule has 172 valence electrons. The van der Waals surface area contributed by atoms with Crippen LogP contribution in [0.25, 0.3) is 10.7 Å². The number of aromatic nitrogens is 5. The van der Waals surface area contributed by atoms with E-state index in [0.29, 0.717) is 10.7 Å². The zero-order chi connectivity index (χ0) is 23.0. The van der Waals surface area contributed by atoms with Crippen molar-refractivity contribution in [3.05, 3.63) is 40.2 Å². The van der Waals surface area contributed by atoms with Crippen LogP contribution in [-0.4, -0.2) is 70.6 Å². The summed E-state index contributed by atoms with van der Waals surface area (Å²) in [5, 5.41) is 41.6. The lowest BCUT2D eigenvalue weighted by Crippen LogP contribution is -2.55. The molecule has 3 aromatic rings. The van der Waals surface area contributed by atoms with Crippen molar-refractivity contribution in [1.29, 1.82) is 0 Å². The minimum absolute atomic E-state index is 0.264. The van der Waals surface area contributed by atoms with Crippen molar-refractivity contribution in [1.82, 2.24) is 25.0 Å². The van der Waals surface area contributed by atoms with Gasteiger partial charge < -0.3 is 20.1 Å². The molecule has 1 aliphatic heterocycles. The zero-order valence-electron chi connectivity index (χ0n) is 15.8. The third kappa shape index (κ3) is 4.69. The number of nitrogens with zero attached hydrogens (tertiary/aromatic N) is 5. The van der Waals surface area contributed by atoms with Gasteiger partial charge in [0.15, 0.2) is 5.69 Å². The fourth-order valence-corrected chi connectivity index (χ4v) is 5.55. The van der Waals surface area contributed by atoms with Crippen molar-refractivity contribution >= 4 is 39.0 Å². The molecule has 0 bridgehead atoms. The quantitative estimate of drug-likeness (QED) is 0.436. The predicted octanol–water partition coefficient (Wildman–Crippen LogP) is 2.35. The third-order valence-electron chi connectivity index (χ3n) is 4.65. The van der Waals surface area contributed by atoms with Gasteiger partial charge in [-0.3, -0.25) is 0 Å². The second-order valence-corrected chi connectivity index (χ2v) is 9.66. The number of ether oxygens (including phenoxy) is 1. The first-order valence-corrected chi connectivity index (χ1v) is 11.6. The predicted molar refractivity (Wildman–Crippen MR) is 111 cm³/mol. The molecule has 0 amide bonds. The summed E-state index contributed by atoms with van der Waals surface area (Å²) in [5.41, 5.74) is -1.68. The van der Waals surface area contributed by atoms with Gasteiger partial charge in [0.05, 0.1) is 12.8 Å². The van der Waals surface area contributed by atoms with Crippen LogP contribution in [0.5, 0.6) is 0 Å². The summed E-state index contributed by atoms with van der Waals surface area (Å²) in [7, 11) is 0. The average Bonchev–Trinajstić information content (AvgIpc) is 3.41. The number of rotatable bonds is 5. The van der Waals surface area contributed by atoms with Gasteiger partial charge in [-0.2, -0.15) is 13.2 Å². The summed E-state index contributed by atoms with van der Waals surface area (Å²) < 4.78 is 45.4. The van der Waals surface area contributed by atoms with Crippen molar-refractivity contribution in [2.24, 2.45) is 0 Å². The van der Waals surface area contributed by atoms with E-state index in [4.69, 9.17) is 4.74 Å². The highest BCUT2D eigenvalue weighted by Gasteiger charge is 2.46. The minimum Gasteiger partial charge on any atom is -0.394 e. The zero-order valence-corrected chi connectivity index (χ0v) is 19.0. The Balaban J connectivity index is 1.59. The molecule has 32 heavy (non-hydrogen) atoms. The second kappa shape index (κ2) is 9.32. The molecule has 1 saturated heterocycles. The van der Waals surface area contributed by atoms with Gasteiger partial charge >= 0.3 is 6.18 Å². The maximum Gasteiger partial charge on any atom is 0.434 e. The van der Waals surface area contributed by atoms with Crippen LogP contribution in [0.4, 0.5) is 13.2 Å². The monoisotopic (exact) mass is 553 g/mol. The van der Waals surface area contributed by atoms with Gasteiger partial charge in [0, 0.05) is 27.1 Å². The highest BCUT2D eigenvalue weighted by atomic mass is 79.9. The maximum absolute atomic E-state index is 12.9. The van der Waals surface area contributed by atoms with Crippen LogP contribution < -0.4 is 0 Å². The topological polar surface area (TPSA) is 126 Å². The van der Waals surface area contributed by atoms with Gasteiger partial charge in [-0.1, -0.05) is 17.0 Å². The van der Waals surface area contributed by atoms with Crippen LogP contribution in [0.2, 0.25) is 0 Å². The summed E-state index contributed by atoms with van der Waals surface area (Å²) in [6.07, 6.45) is -4.24. The number of aliphatic hydroxyl groups excluding tert-OH is 3. The third-order valence-corrected chi connectivity index (χ3v) is 7.17. The lowest BCUT2D eigenvalue weighted by molar-refractivity contribution is -0.178. The van der Waals surface area contributed by atoms with Gasteiger partial charge in [0.2, 0.25) is 0 Å². The minimum atomic E-state index is -4.62. The van der Waals surface area contributed by atoms with Gasteiger partial charge in [0.1, 0.15) is 40.5 Å². The lowest BCUT2D eigenvalue weighted by Gasteiger charge is -2.41. The van der Waals surface area contributed by atoms with Crippen LogP contribution in [0, 0.1) is 0 Å². The lowest BCUT2D eigenvalue weighted by atomic mass is 9.97. The molecule has 9 nitrogen and oxygen atoms in total. The van der Waals surface area contributed by atoms with E-state index in [-0.39, 0.29) is 9.37 Å². The van der Waals surface area contributed by atoms with Crippen LogP contribution in [0.1, 0.15) is 11.7 Å². The molecule has 15 heteroatoms. The fourth-order valence-electron chi connectivity index (χ4n) is 3.18. The molecule has 0 aliphatic carbocycles. The molecule has 3 aromatic heterocycles. The van der Waals surface area contributed by atoms with E-state index < -0.39 is 48.3 Å². The summed E-state index contributed by atoms with van der Waals surface area (Å²) in [4.78, 5) is 7.86. The Bertz CT molecular complexity index is 1070. The smallest absolute Gasteiger partial charge is 0.394 e. The second-order valence-electron chi connectivity index (χ2n) is 6.74. The summed E-state index contributed by atoms with van der Waals surface area (Å²) >= 11 is 5.10. The number of alkyl halides is 3.